The van der Waals surface area contributed by atoms with Crippen molar-refractivity contribution in [3.05, 3.63) is 33.4 Å². The van der Waals surface area contributed by atoms with Crippen LogP contribution in [0.3, 0.4) is 0 Å². The Kier molecular flexibility index (Phi) is 6.56. The van der Waals surface area contributed by atoms with E-state index in [9.17, 15) is 4.79 Å². The predicted octanol–water partition coefficient (Wildman–Crippen LogP) is 2.83. The first kappa shape index (κ1) is 16.7. The topological polar surface area (TPSA) is 41.1 Å². The number of rotatable bonds is 3. The molecule has 5 heteroatoms. The average molecular weight is 395 g/mol. The van der Waals surface area contributed by atoms with Crippen molar-refractivity contribution in [2.45, 2.75) is 19.8 Å². The Morgan fingerprint density at radius 2 is 2.11 bits per heavy atom. The van der Waals surface area contributed by atoms with Crippen LogP contribution in [0.4, 0.5) is 0 Å². The molecule has 1 fully saturated rings. The molecule has 1 aliphatic rings. The fraction of sp³-hybridized carbons (Fsp3) is 0.500. The van der Waals surface area contributed by atoms with Gasteiger partial charge in [0.2, 0.25) is 0 Å². The van der Waals surface area contributed by atoms with Crippen molar-refractivity contribution in [2.75, 3.05) is 19.6 Å². The van der Waals surface area contributed by atoms with Gasteiger partial charge in [-0.2, -0.15) is 0 Å². The van der Waals surface area contributed by atoms with Gasteiger partial charge in [0, 0.05) is 15.7 Å². The van der Waals surface area contributed by atoms with Gasteiger partial charge in [-0.05, 0) is 72.1 Å². The van der Waals surface area contributed by atoms with Crippen molar-refractivity contribution in [2.24, 2.45) is 5.41 Å². The van der Waals surface area contributed by atoms with E-state index in [0.717, 1.165) is 41.6 Å². The van der Waals surface area contributed by atoms with E-state index in [4.69, 9.17) is 0 Å². The zero-order valence-electron chi connectivity index (χ0n) is 11.0. The Morgan fingerprint density at radius 3 is 2.74 bits per heavy atom. The number of nitrogens with one attached hydrogen (secondary N) is 2. The van der Waals surface area contributed by atoms with Gasteiger partial charge in [-0.3, -0.25) is 4.79 Å². The van der Waals surface area contributed by atoms with Crippen molar-refractivity contribution in [1.82, 2.24) is 10.6 Å². The lowest BCUT2D eigenvalue weighted by atomic mass is 9.81. The average Bonchev–Trinajstić information content (AvgIpc) is 2.37. The van der Waals surface area contributed by atoms with Crippen LogP contribution >= 0.6 is 35.0 Å². The quantitative estimate of drug-likeness (QED) is 0.774. The molecule has 0 aromatic heterocycles. The van der Waals surface area contributed by atoms with E-state index < -0.39 is 0 Å². The van der Waals surface area contributed by atoms with Crippen LogP contribution in [0.1, 0.15) is 30.1 Å². The van der Waals surface area contributed by atoms with Gasteiger partial charge in [0.15, 0.2) is 0 Å². The Morgan fingerprint density at radius 1 is 1.42 bits per heavy atom. The fourth-order valence-corrected chi connectivity index (χ4v) is 2.78. The third-order valence-corrected chi connectivity index (χ3v) is 4.24. The number of piperidine rings is 1. The number of hydrogen-bond acceptors (Lipinski definition) is 2. The first-order chi connectivity index (χ1) is 8.59. The van der Waals surface area contributed by atoms with E-state index in [2.05, 4.69) is 40.1 Å². The Balaban J connectivity index is 0.00000180. The van der Waals surface area contributed by atoms with Crippen LogP contribution in [0.2, 0.25) is 0 Å². The van der Waals surface area contributed by atoms with Gasteiger partial charge in [0.25, 0.3) is 5.91 Å². The molecular weight excluding hydrogens is 375 g/mol. The summed E-state index contributed by atoms with van der Waals surface area (Å²) in [6.07, 6.45) is 2.25. The minimum Gasteiger partial charge on any atom is -0.351 e. The lowest BCUT2D eigenvalue weighted by Crippen LogP contribution is -2.42. The van der Waals surface area contributed by atoms with Gasteiger partial charge in [-0.1, -0.05) is 13.0 Å². The van der Waals surface area contributed by atoms with Crippen LogP contribution in [0.5, 0.6) is 0 Å². The highest BCUT2D eigenvalue weighted by Gasteiger charge is 2.27. The van der Waals surface area contributed by atoms with E-state index in [1.807, 2.05) is 24.3 Å². The predicted molar refractivity (Wildman–Crippen MR) is 89.0 cm³/mol. The van der Waals surface area contributed by atoms with Crippen LogP contribution in [-0.2, 0) is 0 Å². The molecule has 0 bridgehead atoms. The highest BCUT2D eigenvalue weighted by molar-refractivity contribution is 14.1. The van der Waals surface area contributed by atoms with E-state index in [1.165, 1.54) is 0 Å². The fourth-order valence-electron chi connectivity index (χ4n) is 2.23. The second kappa shape index (κ2) is 7.45. The van der Waals surface area contributed by atoms with Crippen LogP contribution in [0.25, 0.3) is 0 Å². The smallest absolute Gasteiger partial charge is 0.251 e. The molecule has 0 atom stereocenters. The molecule has 106 valence electrons. The van der Waals surface area contributed by atoms with E-state index >= 15 is 0 Å². The highest BCUT2D eigenvalue weighted by atomic mass is 127. The molecule has 1 heterocycles. The maximum absolute atomic E-state index is 12.1. The highest BCUT2D eigenvalue weighted by Crippen LogP contribution is 2.26. The van der Waals surface area contributed by atoms with E-state index in [1.54, 1.807) is 0 Å². The summed E-state index contributed by atoms with van der Waals surface area (Å²) in [6, 6.07) is 7.69. The lowest BCUT2D eigenvalue weighted by molar-refractivity contribution is 0.0922. The Labute approximate surface area is 134 Å². The van der Waals surface area contributed by atoms with Gasteiger partial charge in [0.1, 0.15) is 0 Å². The summed E-state index contributed by atoms with van der Waals surface area (Å²) < 4.78 is 1.09. The van der Waals surface area contributed by atoms with E-state index in [-0.39, 0.29) is 23.7 Å². The largest absolute Gasteiger partial charge is 0.351 e. The maximum Gasteiger partial charge on any atom is 0.251 e. The summed E-state index contributed by atoms with van der Waals surface area (Å²) in [5.74, 6) is 0.0354. The van der Waals surface area contributed by atoms with Crippen LogP contribution in [-0.4, -0.2) is 25.5 Å². The number of benzene rings is 1. The summed E-state index contributed by atoms with van der Waals surface area (Å²) in [5, 5.41) is 6.42. The maximum atomic E-state index is 12.1. The van der Waals surface area contributed by atoms with E-state index in [0.29, 0.717) is 0 Å². The zero-order chi connectivity index (χ0) is 13.0. The molecular formula is C14H20ClIN2O. The summed E-state index contributed by atoms with van der Waals surface area (Å²) in [4.78, 5) is 12.1. The van der Waals surface area contributed by atoms with Crippen LogP contribution in [0.15, 0.2) is 24.3 Å². The first-order valence-electron chi connectivity index (χ1n) is 6.34. The van der Waals surface area contributed by atoms with Gasteiger partial charge in [0.05, 0.1) is 0 Å². The molecule has 1 aromatic rings. The molecule has 1 saturated heterocycles. The van der Waals surface area contributed by atoms with Gasteiger partial charge in [-0.25, -0.2) is 0 Å². The minimum absolute atomic E-state index is 0. The third-order valence-electron chi connectivity index (χ3n) is 3.57. The second-order valence-corrected chi connectivity index (χ2v) is 6.50. The van der Waals surface area contributed by atoms with Crippen molar-refractivity contribution in [1.29, 1.82) is 0 Å². The third kappa shape index (κ3) is 4.93. The standard InChI is InChI=1S/C14H19IN2O.ClH/c1-14(5-7-16-8-6-14)10-17-13(18)11-3-2-4-12(15)9-11;/h2-4,9,16H,5-8,10H2,1H3,(H,17,18);1H. The summed E-state index contributed by atoms with van der Waals surface area (Å²) >= 11 is 2.22. The molecule has 19 heavy (non-hydrogen) atoms. The summed E-state index contributed by atoms with van der Waals surface area (Å²) in [5.41, 5.74) is 0.988. The summed E-state index contributed by atoms with van der Waals surface area (Å²) in [7, 11) is 0. The molecule has 1 aromatic carbocycles. The molecule has 2 rings (SSSR count). The lowest BCUT2D eigenvalue weighted by Gasteiger charge is -2.34. The van der Waals surface area contributed by atoms with Gasteiger partial charge in [-0.15, -0.1) is 12.4 Å². The first-order valence-corrected chi connectivity index (χ1v) is 7.41. The SMILES string of the molecule is CC1(CNC(=O)c2cccc(I)c2)CCNCC1.Cl. The van der Waals surface area contributed by atoms with Gasteiger partial charge < -0.3 is 10.6 Å². The van der Waals surface area contributed by atoms with Crippen LogP contribution in [0, 0.1) is 8.99 Å². The number of hydrogen-bond donors (Lipinski definition) is 2. The number of halogens is 2. The Hall–Kier alpha value is -0.330. The normalized spacial score (nSPS) is 17.4. The number of amides is 1. The van der Waals surface area contributed by atoms with Crippen LogP contribution < -0.4 is 10.6 Å². The molecule has 0 aliphatic carbocycles. The molecule has 2 N–H and O–H groups in total. The zero-order valence-corrected chi connectivity index (χ0v) is 14.0. The number of carbonyl (C=O) groups is 1. The molecule has 3 nitrogen and oxygen atoms in total. The molecule has 0 saturated carbocycles. The van der Waals surface area contributed by atoms with Crippen molar-refractivity contribution >= 4 is 40.9 Å². The van der Waals surface area contributed by atoms with Crippen molar-refractivity contribution in [3.8, 4) is 0 Å². The monoisotopic (exact) mass is 394 g/mol. The molecule has 1 aliphatic heterocycles. The second-order valence-electron chi connectivity index (χ2n) is 5.25. The number of carbonyl (C=O) groups excluding carboxylic acids is 1. The molecule has 0 unspecified atom stereocenters. The minimum atomic E-state index is 0. The van der Waals surface area contributed by atoms with Crippen molar-refractivity contribution in [3.63, 3.8) is 0 Å². The summed E-state index contributed by atoms with van der Waals surface area (Å²) in [6.45, 7) is 5.12. The van der Waals surface area contributed by atoms with Crippen molar-refractivity contribution < 1.29 is 4.79 Å². The molecule has 0 radical (unpaired) electrons. The Bertz CT molecular complexity index is 433. The van der Waals surface area contributed by atoms with Gasteiger partial charge >= 0.3 is 0 Å². The molecule has 1 amide bonds. The molecule has 0 spiro atoms.